The van der Waals surface area contributed by atoms with Gasteiger partial charge in [0, 0.05) is 39.8 Å². The predicted octanol–water partition coefficient (Wildman–Crippen LogP) is 4.91. The Bertz CT molecular complexity index is 1260. The minimum Gasteiger partial charge on any atom is -0.361 e. The second kappa shape index (κ2) is 9.32. The number of carbonyl (C=O) groups is 2. The average Bonchev–Trinajstić information content (AvgIpc) is 3.20. The summed E-state index contributed by atoms with van der Waals surface area (Å²) in [5.41, 5.74) is 3.23. The van der Waals surface area contributed by atoms with Crippen molar-refractivity contribution < 1.29 is 9.59 Å². The Morgan fingerprint density at radius 3 is 2.52 bits per heavy atom. The van der Waals surface area contributed by atoms with Gasteiger partial charge in [0.25, 0.3) is 11.8 Å². The van der Waals surface area contributed by atoms with E-state index in [4.69, 9.17) is 11.6 Å². The van der Waals surface area contributed by atoms with Crippen LogP contribution in [-0.2, 0) is 11.3 Å². The average molecular weight is 430 g/mol. The Kier molecular flexibility index (Phi) is 6.15. The fourth-order valence-electron chi connectivity index (χ4n) is 3.24. The van der Waals surface area contributed by atoms with Gasteiger partial charge in [-0.2, -0.15) is 0 Å². The molecule has 0 aliphatic heterocycles. The molecule has 0 unspecified atom stereocenters. The number of hydrogen-bond acceptors (Lipinski definition) is 2. The normalized spacial score (nSPS) is 11.3. The summed E-state index contributed by atoms with van der Waals surface area (Å²) >= 11 is 6.03. The molecular formula is C25H20ClN3O2. The number of aromatic nitrogens is 1. The summed E-state index contributed by atoms with van der Waals surface area (Å²) in [6, 6.07) is 23.8. The molecule has 3 aromatic carbocycles. The second-order valence-corrected chi connectivity index (χ2v) is 7.42. The van der Waals surface area contributed by atoms with Crippen LogP contribution in [0.25, 0.3) is 17.0 Å². The Morgan fingerprint density at radius 2 is 1.71 bits per heavy atom. The molecule has 1 heterocycles. The van der Waals surface area contributed by atoms with Crippen molar-refractivity contribution in [1.82, 2.24) is 15.6 Å². The first kappa shape index (κ1) is 20.4. The molecule has 154 valence electrons. The smallest absolute Gasteiger partial charge is 0.268 e. The SMILES string of the molecule is O=C(NCc1cccc(Cl)c1)C(=Cc1c[nH]c2ccccc12)NC(=O)c1ccccc1. The predicted molar refractivity (Wildman–Crippen MR) is 123 cm³/mol. The van der Waals surface area contributed by atoms with Gasteiger partial charge in [0.2, 0.25) is 0 Å². The van der Waals surface area contributed by atoms with Gasteiger partial charge < -0.3 is 15.6 Å². The minimum atomic E-state index is -0.394. The molecule has 3 N–H and O–H groups in total. The van der Waals surface area contributed by atoms with E-state index in [0.29, 0.717) is 10.6 Å². The topological polar surface area (TPSA) is 74.0 Å². The Morgan fingerprint density at radius 1 is 0.935 bits per heavy atom. The third-order valence-corrected chi connectivity index (χ3v) is 5.03. The van der Waals surface area contributed by atoms with Crippen LogP contribution in [0.2, 0.25) is 5.02 Å². The molecule has 0 saturated heterocycles. The molecule has 0 saturated carbocycles. The highest BCUT2D eigenvalue weighted by atomic mass is 35.5. The van der Waals surface area contributed by atoms with Crippen molar-refractivity contribution in [2.24, 2.45) is 0 Å². The summed E-state index contributed by atoms with van der Waals surface area (Å²) in [4.78, 5) is 28.9. The molecule has 0 fully saturated rings. The lowest BCUT2D eigenvalue weighted by Gasteiger charge is -2.11. The van der Waals surface area contributed by atoms with Crippen LogP contribution in [0.3, 0.4) is 0 Å². The van der Waals surface area contributed by atoms with Crippen molar-refractivity contribution in [1.29, 1.82) is 0 Å². The fourth-order valence-corrected chi connectivity index (χ4v) is 3.45. The summed E-state index contributed by atoms with van der Waals surface area (Å²) < 4.78 is 0. The number of carbonyl (C=O) groups excluding carboxylic acids is 2. The molecule has 0 spiro atoms. The Balaban J connectivity index is 1.61. The Hall–Kier alpha value is -3.83. The molecule has 0 aliphatic rings. The van der Waals surface area contributed by atoms with Gasteiger partial charge in [-0.3, -0.25) is 9.59 Å². The van der Waals surface area contributed by atoms with Crippen molar-refractivity contribution in [3.05, 3.63) is 112 Å². The first-order chi connectivity index (χ1) is 15.1. The van der Waals surface area contributed by atoms with Gasteiger partial charge >= 0.3 is 0 Å². The highest BCUT2D eigenvalue weighted by Crippen LogP contribution is 2.20. The van der Waals surface area contributed by atoms with Crippen LogP contribution in [0.15, 0.2) is 90.8 Å². The summed E-state index contributed by atoms with van der Waals surface area (Å²) in [6.07, 6.45) is 3.48. The van der Waals surface area contributed by atoms with Gasteiger partial charge in [-0.25, -0.2) is 0 Å². The quantitative estimate of drug-likeness (QED) is 0.381. The van der Waals surface area contributed by atoms with E-state index in [-0.39, 0.29) is 18.1 Å². The number of hydrogen-bond donors (Lipinski definition) is 3. The van der Waals surface area contributed by atoms with Crippen LogP contribution < -0.4 is 10.6 Å². The monoisotopic (exact) mass is 429 g/mol. The molecule has 31 heavy (non-hydrogen) atoms. The van der Waals surface area contributed by atoms with Crippen LogP contribution in [0, 0.1) is 0 Å². The molecule has 0 bridgehead atoms. The van der Waals surface area contributed by atoms with Gasteiger partial charge in [0.05, 0.1) is 0 Å². The molecule has 4 aromatic rings. The van der Waals surface area contributed by atoms with Gasteiger partial charge in [-0.05, 0) is 42.0 Å². The third-order valence-electron chi connectivity index (χ3n) is 4.79. The van der Waals surface area contributed by atoms with Crippen LogP contribution in [-0.4, -0.2) is 16.8 Å². The van der Waals surface area contributed by atoms with Crippen LogP contribution >= 0.6 is 11.6 Å². The first-order valence-electron chi connectivity index (χ1n) is 9.77. The van der Waals surface area contributed by atoms with E-state index in [1.807, 2.05) is 48.7 Å². The number of aromatic amines is 1. The number of fused-ring (bicyclic) bond motifs is 1. The molecule has 0 radical (unpaired) electrons. The number of nitrogens with one attached hydrogen (secondary N) is 3. The van der Waals surface area contributed by atoms with Crippen LogP contribution in [0.5, 0.6) is 0 Å². The molecular weight excluding hydrogens is 410 g/mol. The highest BCUT2D eigenvalue weighted by Gasteiger charge is 2.15. The maximum absolute atomic E-state index is 13.0. The van der Waals surface area contributed by atoms with Gasteiger partial charge in [0.15, 0.2) is 0 Å². The lowest BCUT2D eigenvalue weighted by atomic mass is 10.1. The molecule has 0 atom stereocenters. The number of benzene rings is 3. The standard InChI is InChI=1S/C25H20ClN3O2/c26-20-10-6-7-17(13-20)15-28-25(31)23(29-24(30)18-8-2-1-3-9-18)14-19-16-27-22-12-5-4-11-21(19)22/h1-14,16,27H,15H2,(H,28,31)(H,29,30). The van der Waals surface area contributed by atoms with Crippen LogP contribution in [0.1, 0.15) is 21.5 Å². The molecule has 6 heteroatoms. The van der Waals surface area contributed by atoms with Gasteiger partial charge in [-0.15, -0.1) is 0 Å². The summed E-state index contributed by atoms with van der Waals surface area (Å²) in [6.45, 7) is 0.284. The highest BCUT2D eigenvalue weighted by molar-refractivity contribution is 6.30. The zero-order valence-corrected chi connectivity index (χ0v) is 17.3. The summed E-state index contributed by atoms with van der Waals surface area (Å²) in [5, 5.41) is 7.16. The van der Waals surface area contributed by atoms with Crippen molar-refractivity contribution in [2.75, 3.05) is 0 Å². The second-order valence-electron chi connectivity index (χ2n) is 6.98. The number of halogens is 1. The number of rotatable bonds is 6. The molecule has 5 nitrogen and oxygen atoms in total. The Labute approximate surface area is 184 Å². The minimum absolute atomic E-state index is 0.153. The fraction of sp³-hybridized carbons (Fsp3) is 0.0400. The van der Waals surface area contributed by atoms with Crippen molar-refractivity contribution >= 4 is 40.4 Å². The van der Waals surface area contributed by atoms with Crippen LogP contribution in [0.4, 0.5) is 0 Å². The molecule has 0 aliphatic carbocycles. The summed E-state index contributed by atoms with van der Waals surface area (Å²) in [7, 11) is 0. The number of para-hydroxylation sites is 1. The zero-order valence-electron chi connectivity index (χ0n) is 16.6. The third kappa shape index (κ3) is 5.02. The van der Waals surface area contributed by atoms with Crippen molar-refractivity contribution in [3.63, 3.8) is 0 Å². The lowest BCUT2D eigenvalue weighted by Crippen LogP contribution is -2.34. The van der Waals surface area contributed by atoms with E-state index in [1.165, 1.54) is 0 Å². The lowest BCUT2D eigenvalue weighted by molar-refractivity contribution is -0.117. The van der Waals surface area contributed by atoms with E-state index < -0.39 is 5.91 Å². The van der Waals surface area contributed by atoms with E-state index >= 15 is 0 Å². The largest absolute Gasteiger partial charge is 0.361 e. The molecule has 1 aromatic heterocycles. The van der Waals surface area contributed by atoms with E-state index in [9.17, 15) is 9.59 Å². The number of H-pyrrole nitrogens is 1. The zero-order chi connectivity index (χ0) is 21.6. The van der Waals surface area contributed by atoms with E-state index in [2.05, 4.69) is 15.6 Å². The first-order valence-corrected chi connectivity index (χ1v) is 10.1. The van der Waals surface area contributed by atoms with Gasteiger partial charge in [-0.1, -0.05) is 60.1 Å². The molecule has 4 rings (SSSR count). The maximum atomic E-state index is 13.0. The van der Waals surface area contributed by atoms with Crippen molar-refractivity contribution in [3.8, 4) is 0 Å². The number of amides is 2. The molecule has 2 amide bonds. The van der Waals surface area contributed by atoms with E-state index in [1.54, 1.807) is 42.5 Å². The van der Waals surface area contributed by atoms with Crippen molar-refractivity contribution in [2.45, 2.75) is 6.54 Å². The summed E-state index contributed by atoms with van der Waals surface area (Å²) in [5.74, 6) is -0.751. The van der Waals surface area contributed by atoms with Gasteiger partial charge in [0.1, 0.15) is 5.70 Å². The maximum Gasteiger partial charge on any atom is 0.268 e. The van der Waals surface area contributed by atoms with E-state index in [0.717, 1.165) is 22.0 Å².